The molecule has 0 bridgehead atoms. The fraction of sp³-hybridized carbons (Fsp3) is 0.875. The minimum Gasteiger partial charge on any atom is -0.462 e. The zero-order chi connectivity index (χ0) is 21.2. The molecule has 0 radical (unpaired) electrons. The first-order valence-corrected chi connectivity index (χ1v) is 11.8. The molecule has 0 aromatic rings. The van der Waals surface area contributed by atoms with Gasteiger partial charge in [0.25, 0.3) is 0 Å². The Labute approximate surface area is 177 Å². The van der Waals surface area contributed by atoms with Crippen LogP contribution in [0.2, 0.25) is 0 Å². The summed E-state index contributed by atoms with van der Waals surface area (Å²) in [6, 6.07) is 0. The van der Waals surface area contributed by atoms with Gasteiger partial charge in [0.15, 0.2) is 6.29 Å². The molecule has 0 amide bonds. The normalized spacial score (nSPS) is 28.9. The van der Waals surface area contributed by atoms with E-state index in [1.165, 1.54) is 38.5 Å². The minimum absolute atomic E-state index is 0.00785. The smallest absolute Gasteiger partial charge is 0.309 e. The third kappa shape index (κ3) is 8.77. The minimum atomic E-state index is -0.932. The van der Waals surface area contributed by atoms with Gasteiger partial charge in [-0.3, -0.25) is 4.79 Å². The van der Waals surface area contributed by atoms with Crippen LogP contribution in [0.1, 0.15) is 84.0 Å². The SMILES string of the molecule is C=C(CN(C)C)C(O)OC1CCC(C(=O)OC2CCC(CCCCC)CC2)CC1. The summed E-state index contributed by atoms with van der Waals surface area (Å²) in [6.45, 7) is 6.75. The topological polar surface area (TPSA) is 59.0 Å². The van der Waals surface area contributed by atoms with Gasteiger partial charge in [-0.2, -0.15) is 0 Å². The maximum atomic E-state index is 12.6. The van der Waals surface area contributed by atoms with Gasteiger partial charge in [0.1, 0.15) is 6.10 Å². The van der Waals surface area contributed by atoms with Gasteiger partial charge < -0.3 is 19.5 Å². The summed E-state index contributed by atoms with van der Waals surface area (Å²) in [6.07, 6.45) is 12.1. The number of aliphatic hydroxyl groups excluding tert-OH is 1. The van der Waals surface area contributed by atoms with E-state index >= 15 is 0 Å². The van der Waals surface area contributed by atoms with Crippen LogP contribution in [-0.4, -0.2) is 55.1 Å². The maximum absolute atomic E-state index is 12.6. The number of hydrogen-bond acceptors (Lipinski definition) is 5. The van der Waals surface area contributed by atoms with Crippen LogP contribution in [-0.2, 0) is 14.3 Å². The third-order valence-corrected chi connectivity index (χ3v) is 6.49. The lowest BCUT2D eigenvalue weighted by atomic mass is 9.83. The number of esters is 1. The number of aliphatic hydroxyl groups is 1. The molecule has 168 valence electrons. The van der Waals surface area contributed by atoms with Crippen molar-refractivity contribution in [2.45, 2.75) is 102 Å². The molecule has 0 aliphatic heterocycles. The number of carbonyl (C=O) groups is 1. The van der Waals surface area contributed by atoms with Crippen LogP contribution < -0.4 is 0 Å². The van der Waals surface area contributed by atoms with E-state index in [9.17, 15) is 9.90 Å². The fourth-order valence-corrected chi connectivity index (χ4v) is 4.68. The summed E-state index contributed by atoms with van der Waals surface area (Å²) >= 11 is 0. The number of hydrogen-bond donors (Lipinski definition) is 1. The standard InChI is InChI=1S/C24H43NO4/c1-5-6-7-8-19-9-13-21(14-10-19)29-24(27)20-11-15-22(16-12-20)28-23(26)18(2)17-25(3)4/h19-23,26H,2,5-17H2,1,3-4H3. The molecular weight excluding hydrogens is 366 g/mol. The molecule has 0 saturated heterocycles. The average molecular weight is 410 g/mol. The number of nitrogens with zero attached hydrogens (tertiary/aromatic N) is 1. The molecule has 1 N–H and O–H groups in total. The number of ether oxygens (including phenoxy) is 2. The lowest BCUT2D eigenvalue weighted by molar-refractivity contribution is -0.161. The Morgan fingerprint density at radius 1 is 1.03 bits per heavy atom. The number of carbonyl (C=O) groups excluding carboxylic acids is 1. The molecule has 5 heteroatoms. The Morgan fingerprint density at radius 2 is 1.66 bits per heavy atom. The Hall–Kier alpha value is -0.910. The second kappa shape index (κ2) is 12.7. The Kier molecular flexibility index (Phi) is 10.7. The van der Waals surface area contributed by atoms with Crippen LogP contribution >= 0.6 is 0 Å². The van der Waals surface area contributed by atoms with E-state index in [-0.39, 0.29) is 24.1 Å². The average Bonchev–Trinajstić information content (AvgIpc) is 2.69. The largest absolute Gasteiger partial charge is 0.462 e. The highest BCUT2D eigenvalue weighted by atomic mass is 16.6. The number of rotatable bonds is 11. The van der Waals surface area contributed by atoms with Crippen molar-refractivity contribution in [3.05, 3.63) is 12.2 Å². The second-order valence-electron chi connectivity index (χ2n) is 9.43. The van der Waals surface area contributed by atoms with Gasteiger partial charge in [-0.15, -0.1) is 0 Å². The van der Waals surface area contributed by atoms with Crippen LogP contribution in [0.3, 0.4) is 0 Å². The van der Waals surface area contributed by atoms with Crippen LogP contribution in [0.15, 0.2) is 12.2 Å². The molecule has 5 nitrogen and oxygen atoms in total. The first-order valence-electron chi connectivity index (χ1n) is 11.8. The molecule has 2 aliphatic carbocycles. The lowest BCUT2D eigenvalue weighted by Crippen LogP contribution is -2.34. The third-order valence-electron chi connectivity index (χ3n) is 6.49. The molecule has 1 unspecified atom stereocenters. The van der Waals surface area contributed by atoms with Crippen LogP contribution in [0, 0.1) is 11.8 Å². The van der Waals surface area contributed by atoms with Gasteiger partial charge in [-0.25, -0.2) is 0 Å². The fourth-order valence-electron chi connectivity index (χ4n) is 4.68. The van der Waals surface area contributed by atoms with Gasteiger partial charge in [-0.1, -0.05) is 39.2 Å². The molecule has 29 heavy (non-hydrogen) atoms. The van der Waals surface area contributed by atoms with E-state index in [1.807, 2.05) is 19.0 Å². The summed E-state index contributed by atoms with van der Waals surface area (Å²) in [4.78, 5) is 14.5. The van der Waals surface area contributed by atoms with Crippen molar-refractivity contribution in [3.63, 3.8) is 0 Å². The summed E-state index contributed by atoms with van der Waals surface area (Å²) in [7, 11) is 3.88. The molecule has 0 spiro atoms. The molecule has 0 heterocycles. The highest BCUT2D eigenvalue weighted by Crippen LogP contribution is 2.33. The van der Waals surface area contributed by atoms with Crippen molar-refractivity contribution < 1.29 is 19.4 Å². The van der Waals surface area contributed by atoms with E-state index < -0.39 is 6.29 Å². The Bertz CT molecular complexity index is 491. The van der Waals surface area contributed by atoms with E-state index in [0.717, 1.165) is 44.4 Å². The molecule has 2 saturated carbocycles. The van der Waals surface area contributed by atoms with E-state index in [4.69, 9.17) is 9.47 Å². The van der Waals surface area contributed by atoms with Crippen molar-refractivity contribution in [1.82, 2.24) is 4.90 Å². The van der Waals surface area contributed by atoms with Gasteiger partial charge >= 0.3 is 5.97 Å². The van der Waals surface area contributed by atoms with Crippen molar-refractivity contribution >= 4 is 5.97 Å². The van der Waals surface area contributed by atoms with Gasteiger partial charge in [0.05, 0.1) is 12.0 Å². The molecular formula is C24H43NO4. The highest BCUT2D eigenvalue weighted by molar-refractivity contribution is 5.72. The first-order chi connectivity index (χ1) is 13.9. The zero-order valence-electron chi connectivity index (χ0n) is 18.9. The molecule has 2 fully saturated rings. The lowest BCUT2D eigenvalue weighted by Gasteiger charge is -2.32. The Balaban J connectivity index is 1.63. The maximum Gasteiger partial charge on any atom is 0.309 e. The van der Waals surface area contributed by atoms with E-state index in [0.29, 0.717) is 12.1 Å². The number of likely N-dealkylation sites (N-methyl/N-ethyl adjacent to an activating group) is 1. The van der Waals surface area contributed by atoms with E-state index in [1.54, 1.807) is 0 Å². The summed E-state index contributed by atoms with van der Waals surface area (Å²) < 4.78 is 11.6. The molecule has 2 rings (SSSR count). The van der Waals surface area contributed by atoms with Gasteiger partial charge in [0.2, 0.25) is 0 Å². The van der Waals surface area contributed by atoms with E-state index in [2.05, 4.69) is 13.5 Å². The molecule has 0 aromatic heterocycles. The summed E-state index contributed by atoms with van der Waals surface area (Å²) in [5.74, 6) is 0.799. The number of unbranched alkanes of at least 4 members (excludes halogenated alkanes) is 2. The van der Waals surface area contributed by atoms with Crippen molar-refractivity contribution in [1.29, 1.82) is 0 Å². The quantitative estimate of drug-likeness (QED) is 0.232. The van der Waals surface area contributed by atoms with Crippen LogP contribution in [0.5, 0.6) is 0 Å². The van der Waals surface area contributed by atoms with Crippen molar-refractivity contribution in [2.24, 2.45) is 11.8 Å². The zero-order valence-corrected chi connectivity index (χ0v) is 18.9. The highest BCUT2D eigenvalue weighted by Gasteiger charge is 2.31. The van der Waals surface area contributed by atoms with Crippen LogP contribution in [0.25, 0.3) is 0 Å². The van der Waals surface area contributed by atoms with Crippen molar-refractivity contribution in [3.8, 4) is 0 Å². The molecule has 0 aromatic carbocycles. The van der Waals surface area contributed by atoms with Crippen LogP contribution in [0.4, 0.5) is 0 Å². The van der Waals surface area contributed by atoms with Gasteiger partial charge in [0, 0.05) is 6.54 Å². The Morgan fingerprint density at radius 3 is 2.24 bits per heavy atom. The van der Waals surface area contributed by atoms with Gasteiger partial charge in [-0.05, 0) is 77.0 Å². The summed E-state index contributed by atoms with van der Waals surface area (Å²) in [5.41, 5.74) is 0.668. The monoisotopic (exact) mass is 409 g/mol. The molecule has 1 atom stereocenters. The predicted octanol–water partition coefficient (Wildman–Crippen LogP) is 4.68. The first kappa shape index (κ1) is 24.4. The predicted molar refractivity (Wildman–Crippen MR) is 117 cm³/mol. The molecule has 2 aliphatic rings. The van der Waals surface area contributed by atoms with Crippen molar-refractivity contribution in [2.75, 3.05) is 20.6 Å². The summed E-state index contributed by atoms with van der Waals surface area (Å²) in [5, 5.41) is 10.2. The second-order valence-corrected chi connectivity index (χ2v) is 9.43.